The van der Waals surface area contributed by atoms with Crippen molar-refractivity contribution in [2.45, 2.75) is 45.6 Å². The summed E-state index contributed by atoms with van der Waals surface area (Å²) in [6.45, 7) is 7.91. The maximum absolute atomic E-state index is 11.7. The zero-order chi connectivity index (χ0) is 13.8. The molecule has 104 valence electrons. The molecule has 0 aromatic heterocycles. The molecular weight excluding hydrogens is 234 g/mol. The Hall–Kier alpha value is -1.26. The van der Waals surface area contributed by atoms with Gasteiger partial charge in [-0.3, -0.25) is 4.79 Å². The Kier molecular flexibility index (Phi) is 4.59. The molecule has 0 unspecified atom stereocenters. The first-order chi connectivity index (χ1) is 8.32. The summed E-state index contributed by atoms with van der Waals surface area (Å²) >= 11 is 0. The van der Waals surface area contributed by atoms with Crippen molar-refractivity contribution >= 4 is 12.6 Å². The average molecular weight is 257 g/mol. The lowest BCUT2D eigenvalue weighted by Crippen LogP contribution is -2.35. The highest BCUT2D eigenvalue weighted by atomic mass is 16.6. The van der Waals surface area contributed by atoms with Crippen LogP contribution in [0.4, 0.5) is 4.79 Å². The summed E-state index contributed by atoms with van der Waals surface area (Å²) in [5.41, 5.74) is 0.132. The third-order valence-electron chi connectivity index (χ3n) is 3.14. The molecule has 2 rings (SSSR count). The highest BCUT2D eigenvalue weighted by Crippen LogP contribution is 2.52. The number of rotatable bonds is 1. The fourth-order valence-corrected chi connectivity index (χ4v) is 2.00. The summed E-state index contributed by atoms with van der Waals surface area (Å²) in [6, 6.07) is 0. The molecule has 1 spiro atoms. The maximum atomic E-state index is 11.7. The Morgan fingerprint density at radius 2 is 1.83 bits per heavy atom. The second-order valence-corrected chi connectivity index (χ2v) is 5.98. The van der Waals surface area contributed by atoms with Gasteiger partial charge in [0.15, 0.2) is 0 Å². The van der Waals surface area contributed by atoms with Crippen molar-refractivity contribution in [1.82, 2.24) is 4.90 Å². The van der Waals surface area contributed by atoms with Crippen LogP contribution >= 0.6 is 0 Å². The number of ether oxygens (including phenoxy) is 2. The Labute approximate surface area is 108 Å². The van der Waals surface area contributed by atoms with Gasteiger partial charge in [0.05, 0.1) is 7.11 Å². The van der Waals surface area contributed by atoms with E-state index in [1.165, 1.54) is 26.4 Å². The van der Waals surface area contributed by atoms with Crippen LogP contribution in [0.25, 0.3) is 0 Å². The smallest absolute Gasteiger partial charge is 0.410 e. The van der Waals surface area contributed by atoms with Gasteiger partial charge in [-0.1, -0.05) is 0 Å². The van der Waals surface area contributed by atoms with E-state index in [4.69, 9.17) is 9.53 Å². The van der Waals surface area contributed by atoms with Crippen LogP contribution < -0.4 is 0 Å². The van der Waals surface area contributed by atoms with Gasteiger partial charge in [-0.05, 0) is 45.4 Å². The van der Waals surface area contributed by atoms with Crippen LogP contribution in [0.2, 0.25) is 0 Å². The maximum Gasteiger partial charge on any atom is 0.410 e. The molecule has 0 radical (unpaired) electrons. The topological polar surface area (TPSA) is 55.8 Å². The normalized spacial score (nSPS) is 19.9. The molecule has 1 amide bonds. The van der Waals surface area contributed by atoms with Gasteiger partial charge < -0.3 is 14.4 Å². The minimum absolute atomic E-state index is 0.138. The van der Waals surface area contributed by atoms with Crippen LogP contribution in [0.15, 0.2) is 0 Å². The summed E-state index contributed by atoms with van der Waals surface area (Å²) in [7, 11) is 1.31. The van der Waals surface area contributed by atoms with Crippen molar-refractivity contribution in [2.75, 3.05) is 20.2 Å². The molecule has 1 heterocycles. The van der Waals surface area contributed by atoms with Crippen molar-refractivity contribution in [1.29, 1.82) is 0 Å². The van der Waals surface area contributed by atoms with Gasteiger partial charge in [-0.2, -0.15) is 0 Å². The van der Waals surface area contributed by atoms with Gasteiger partial charge in [0.25, 0.3) is 6.47 Å². The molecule has 1 saturated carbocycles. The lowest BCUT2D eigenvalue weighted by molar-refractivity contribution is -0.126. The summed E-state index contributed by atoms with van der Waals surface area (Å²) < 4.78 is 9.19. The Morgan fingerprint density at radius 3 is 2.17 bits per heavy atom. The Balaban J connectivity index is 0.000000357. The molecule has 5 heteroatoms. The fraction of sp³-hybridized carbons (Fsp3) is 0.846. The van der Waals surface area contributed by atoms with Crippen LogP contribution in [0.3, 0.4) is 0 Å². The number of carbonyl (C=O) groups excluding carboxylic acids is 2. The minimum Gasteiger partial charge on any atom is -0.471 e. The van der Waals surface area contributed by atoms with Crippen LogP contribution in [-0.2, 0) is 14.3 Å². The first-order valence-electron chi connectivity index (χ1n) is 6.26. The summed E-state index contributed by atoms with van der Waals surface area (Å²) in [4.78, 5) is 22.5. The number of amides is 1. The molecule has 1 aliphatic carbocycles. The number of nitrogens with zero attached hydrogens (tertiary/aromatic N) is 1. The summed E-state index contributed by atoms with van der Waals surface area (Å²) in [6.07, 6.45) is 3.63. The minimum atomic E-state index is -0.365. The predicted molar refractivity (Wildman–Crippen MR) is 67.2 cm³/mol. The number of likely N-dealkylation sites (tertiary alicyclic amines) is 1. The largest absolute Gasteiger partial charge is 0.471 e. The lowest BCUT2D eigenvalue weighted by Gasteiger charge is -2.24. The molecule has 0 bridgehead atoms. The summed E-state index contributed by atoms with van der Waals surface area (Å²) in [5.74, 6) is 0. The number of hydrogen-bond acceptors (Lipinski definition) is 4. The van der Waals surface area contributed by atoms with Crippen molar-refractivity contribution in [3.05, 3.63) is 0 Å². The zero-order valence-electron chi connectivity index (χ0n) is 11.7. The van der Waals surface area contributed by atoms with E-state index in [9.17, 15) is 4.79 Å². The molecular formula is C13H23NO4. The third kappa shape index (κ3) is 4.55. The van der Waals surface area contributed by atoms with E-state index in [2.05, 4.69) is 4.74 Å². The van der Waals surface area contributed by atoms with E-state index in [1.54, 1.807) is 0 Å². The molecule has 18 heavy (non-hydrogen) atoms. The van der Waals surface area contributed by atoms with E-state index in [1.807, 2.05) is 25.7 Å². The molecule has 2 fully saturated rings. The molecule has 2 aliphatic rings. The summed E-state index contributed by atoms with van der Waals surface area (Å²) in [5, 5.41) is 0. The Morgan fingerprint density at radius 1 is 1.28 bits per heavy atom. The van der Waals surface area contributed by atoms with Gasteiger partial charge >= 0.3 is 6.09 Å². The molecule has 0 aromatic carbocycles. The molecule has 5 nitrogen and oxygen atoms in total. The van der Waals surface area contributed by atoms with Crippen molar-refractivity contribution in [3.63, 3.8) is 0 Å². The van der Waals surface area contributed by atoms with Gasteiger partial charge in [0.1, 0.15) is 5.60 Å². The second-order valence-electron chi connectivity index (χ2n) is 5.98. The van der Waals surface area contributed by atoms with E-state index < -0.39 is 0 Å². The highest BCUT2D eigenvalue weighted by molar-refractivity contribution is 5.68. The van der Waals surface area contributed by atoms with Crippen LogP contribution in [0.1, 0.15) is 40.0 Å². The van der Waals surface area contributed by atoms with Crippen LogP contribution in [0, 0.1) is 5.41 Å². The SMILES string of the molecule is CC(C)(C)OC(=O)N1CCC2(CC2)C1.COC=O. The average Bonchev–Trinajstić information content (AvgIpc) is 2.86. The number of hydrogen-bond donors (Lipinski definition) is 0. The molecule has 0 atom stereocenters. The quantitative estimate of drug-likeness (QED) is 0.676. The lowest BCUT2D eigenvalue weighted by atomic mass is 10.1. The van der Waals surface area contributed by atoms with Gasteiger partial charge in [-0.25, -0.2) is 4.79 Å². The molecule has 0 aromatic rings. The van der Waals surface area contributed by atoms with Crippen LogP contribution in [0.5, 0.6) is 0 Å². The Bertz CT molecular complexity index is 305. The van der Waals surface area contributed by atoms with E-state index in [0.717, 1.165) is 13.1 Å². The van der Waals surface area contributed by atoms with Crippen molar-refractivity contribution < 1.29 is 19.1 Å². The van der Waals surface area contributed by atoms with Crippen LogP contribution in [-0.4, -0.2) is 43.3 Å². The number of carbonyl (C=O) groups is 2. The molecule has 1 saturated heterocycles. The monoisotopic (exact) mass is 257 g/mol. The van der Waals surface area contributed by atoms with Crippen molar-refractivity contribution in [2.24, 2.45) is 5.41 Å². The third-order valence-corrected chi connectivity index (χ3v) is 3.14. The molecule has 0 N–H and O–H groups in total. The first kappa shape index (κ1) is 14.8. The van der Waals surface area contributed by atoms with E-state index >= 15 is 0 Å². The first-order valence-corrected chi connectivity index (χ1v) is 6.26. The standard InChI is InChI=1S/C11H19NO2.C2H4O2/c1-10(2,3)14-9(13)12-7-6-11(8-12)4-5-11;1-4-2-3/h4-8H2,1-3H3;2H,1H3. The molecule has 1 aliphatic heterocycles. The van der Waals surface area contributed by atoms with E-state index in [-0.39, 0.29) is 11.7 Å². The zero-order valence-corrected chi connectivity index (χ0v) is 11.7. The number of methoxy groups -OCH3 is 1. The predicted octanol–water partition coefficient (Wildman–Crippen LogP) is 2.20. The fourth-order valence-electron chi connectivity index (χ4n) is 2.00. The van der Waals surface area contributed by atoms with Gasteiger partial charge in [0.2, 0.25) is 0 Å². The van der Waals surface area contributed by atoms with Crippen molar-refractivity contribution in [3.8, 4) is 0 Å². The van der Waals surface area contributed by atoms with Gasteiger partial charge in [0, 0.05) is 13.1 Å². The van der Waals surface area contributed by atoms with E-state index in [0.29, 0.717) is 11.9 Å². The van der Waals surface area contributed by atoms with Gasteiger partial charge in [-0.15, -0.1) is 0 Å². The highest BCUT2D eigenvalue weighted by Gasteiger charge is 2.49. The second kappa shape index (κ2) is 5.59.